The number of nitrogens with zero attached hydrogens (tertiary/aromatic N) is 1. The zero-order valence-corrected chi connectivity index (χ0v) is 12.5. The molecule has 0 saturated heterocycles. The molecule has 3 rings (SSSR count). The molecular formula is C14H17ClN2OS. The van der Waals surface area contributed by atoms with Crippen LogP contribution in [0, 0.1) is 0 Å². The van der Waals surface area contributed by atoms with Gasteiger partial charge in [0.2, 0.25) is 0 Å². The predicted molar refractivity (Wildman–Crippen MR) is 81.7 cm³/mol. The van der Waals surface area contributed by atoms with Crippen LogP contribution in [0.15, 0.2) is 12.1 Å². The lowest BCUT2D eigenvalue weighted by Crippen LogP contribution is -2.21. The fourth-order valence-corrected chi connectivity index (χ4v) is 3.76. The van der Waals surface area contributed by atoms with Crippen molar-refractivity contribution in [1.82, 2.24) is 4.98 Å². The molecule has 1 heterocycles. The van der Waals surface area contributed by atoms with E-state index in [9.17, 15) is 0 Å². The minimum Gasteiger partial charge on any atom is -0.495 e. The van der Waals surface area contributed by atoms with Gasteiger partial charge in [0.25, 0.3) is 0 Å². The van der Waals surface area contributed by atoms with Gasteiger partial charge in [-0.2, -0.15) is 0 Å². The zero-order chi connectivity index (χ0) is 13.2. The third-order valence-corrected chi connectivity index (χ3v) is 4.84. The van der Waals surface area contributed by atoms with Crippen LogP contribution in [-0.4, -0.2) is 18.1 Å². The van der Waals surface area contributed by atoms with E-state index in [1.807, 2.05) is 12.1 Å². The van der Waals surface area contributed by atoms with Gasteiger partial charge in [-0.1, -0.05) is 42.2 Å². The minimum absolute atomic E-state index is 0.576. The summed E-state index contributed by atoms with van der Waals surface area (Å²) < 4.78 is 6.35. The van der Waals surface area contributed by atoms with Crippen LogP contribution in [0.2, 0.25) is 5.02 Å². The highest BCUT2D eigenvalue weighted by Crippen LogP contribution is 2.35. The Morgan fingerprint density at radius 3 is 2.84 bits per heavy atom. The van der Waals surface area contributed by atoms with Crippen LogP contribution >= 0.6 is 22.9 Å². The van der Waals surface area contributed by atoms with Crippen molar-refractivity contribution < 1.29 is 4.74 Å². The number of anilines is 1. The van der Waals surface area contributed by atoms with Crippen LogP contribution in [0.25, 0.3) is 10.2 Å². The third kappa shape index (κ3) is 2.79. The minimum atomic E-state index is 0.576. The molecule has 1 aromatic heterocycles. The molecule has 0 bridgehead atoms. The fourth-order valence-electron chi connectivity index (χ4n) is 2.57. The Morgan fingerprint density at radius 2 is 2.11 bits per heavy atom. The average Bonchev–Trinajstić information content (AvgIpc) is 2.80. The summed E-state index contributed by atoms with van der Waals surface area (Å²) in [5.41, 5.74) is 0.939. The Bertz CT molecular complexity index is 578. The van der Waals surface area contributed by atoms with E-state index in [0.29, 0.717) is 16.8 Å². The van der Waals surface area contributed by atoms with Crippen LogP contribution in [-0.2, 0) is 0 Å². The Balaban J connectivity index is 1.84. The van der Waals surface area contributed by atoms with E-state index in [0.717, 1.165) is 15.3 Å². The highest BCUT2D eigenvalue weighted by Gasteiger charge is 2.15. The molecule has 19 heavy (non-hydrogen) atoms. The molecular weight excluding hydrogens is 280 g/mol. The van der Waals surface area contributed by atoms with E-state index >= 15 is 0 Å². The summed E-state index contributed by atoms with van der Waals surface area (Å²) in [4.78, 5) is 4.61. The zero-order valence-electron chi connectivity index (χ0n) is 10.9. The van der Waals surface area contributed by atoms with Crippen molar-refractivity contribution in [2.45, 2.75) is 38.1 Å². The second kappa shape index (κ2) is 5.55. The van der Waals surface area contributed by atoms with Gasteiger partial charge in [0.15, 0.2) is 5.13 Å². The van der Waals surface area contributed by atoms with Crippen LogP contribution < -0.4 is 10.1 Å². The molecule has 1 aliphatic rings. The number of ether oxygens (including phenoxy) is 1. The molecule has 0 amide bonds. The lowest BCUT2D eigenvalue weighted by molar-refractivity contribution is 0.415. The smallest absolute Gasteiger partial charge is 0.184 e. The summed E-state index contributed by atoms with van der Waals surface area (Å²) >= 11 is 7.79. The molecule has 3 nitrogen and oxygen atoms in total. The number of benzene rings is 1. The van der Waals surface area contributed by atoms with Gasteiger partial charge in [0, 0.05) is 12.1 Å². The third-order valence-electron chi connectivity index (χ3n) is 3.59. The highest BCUT2D eigenvalue weighted by atomic mass is 35.5. The summed E-state index contributed by atoms with van der Waals surface area (Å²) in [6, 6.07) is 4.41. The largest absolute Gasteiger partial charge is 0.495 e. The quantitative estimate of drug-likeness (QED) is 0.891. The van der Waals surface area contributed by atoms with Crippen molar-refractivity contribution >= 4 is 38.3 Å². The van der Waals surface area contributed by atoms with Crippen molar-refractivity contribution in [2.24, 2.45) is 0 Å². The molecule has 0 aliphatic heterocycles. The summed E-state index contributed by atoms with van der Waals surface area (Å²) in [6.07, 6.45) is 6.51. The maximum Gasteiger partial charge on any atom is 0.184 e. The summed E-state index contributed by atoms with van der Waals surface area (Å²) in [5, 5.41) is 5.16. The molecule has 0 unspecified atom stereocenters. The topological polar surface area (TPSA) is 34.1 Å². The number of fused-ring (bicyclic) bond motifs is 1. The molecule has 1 aromatic carbocycles. The maximum atomic E-state index is 6.12. The van der Waals surface area contributed by atoms with Gasteiger partial charge >= 0.3 is 0 Å². The second-order valence-electron chi connectivity index (χ2n) is 4.95. The predicted octanol–water partition coefficient (Wildman–Crippen LogP) is 4.70. The number of methoxy groups -OCH3 is 1. The summed E-state index contributed by atoms with van der Waals surface area (Å²) in [6.45, 7) is 0. The highest BCUT2D eigenvalue weighted by molar-refractivity contribution is 7.22. The number of hydrogen-bond acceptors (Lipinski definition) is 4. The first kappa shape index (κ1) is 13.0. The van der Waals surface area contributed by atoms with Gasteiger partial charge in [0.1, 0.15) is 5.75 Å². The fraction of sp³-hybridized carbons (Fsp3) is 0.500. The van der Waals surface area contributed by atoms with Crippen molar-refractivity contribution in [1.29, 1.82) is 0 Å². The van der Waals surface area contributed by atoms with Crippen LogP contribution in [0.3, 0.4) is 0 Å². The Labute approximate surface area is 121 Å². The van der Waals surface area contributed by atoms with Crippen molar-refractivity contribution in [3.8, 4) is 5.75 Å². The van der Waals surface area contributed by atoms with E-state index in [-0.39, 0.29) is 0 Å². The first-order valence-corrected chi connectivity index (χ1v) is 7.86. The second-order valence-corrected chi connectivity index (χ2v) is 6.39. The number of nitrogens with one attached hydrogen (secondary N) is 1. The van der Waals surface area contributed by atoms with Crippen molar-refractivity contribution in [3.05, 3.63) is 17.2 Å². The molecule has 0 radical (unpaired) electrons. The Kier molecular flexibility index (Phi) is 3.80. The molecule has 1 saturated carbocycles. The molecule has 0 spiro atoms. The van der Waals surface area contributed by atoms with Gasteiger partial charge in [0.05, 0.1) is 22.3 Å². The van der Waals surface area contributed by atoms with E-state index in [2.05, 4.69) is 10.3 Å². The molecule has 1 aliphatic carbocycles. The van der Waals surface area contributed by atoms with Crippen LogP contribution in [0.4, 0.5) is 5.13 Å². The first-order chi connectivity index (χ1) is 9.26. The van der Waals surface area contributed by atoms with Gasteiger partial charge < -0.3 is 10.1 Å². The number of hydrogen-bond donors (Lipinski definition) is 1. The molecule has 1 N–H and O–H groups in total. The standard InChI is InChI=1S/C14H17ClN2OS/c1-18-12-8-13-11(7-10(12)15)17-14(19-13)16-9-5-3-2-4-6-9/h7-9H,2-6H2,1H3,(H,16,17). The normalized spacial score (nSPS) is 16.7. The molecule has 102 valence electrons. The lowest BCUT2D eigenvalue weighted by Gasteiger charge is -2.22. The Morgan fingerprint density at radius 1 is 1.32 bits per heavy atom. The number of aromatic nitrogens is 1. The average molecular weight is 297 g/mol. The number of rotatable bonds is 3. The van der Waals surface area contributed by atoms with Gasteiger partial charge in [-0.25, -0.2) is 4.98 Å². The number of halogens is 1. The van der Waals surface area contributed by atoms with E-state index < -0.39 is 0 Å². The summed E-state index contributed by atoms with van der Waals surface area (Å²) in [5.74, 6) is 0.710. The molecule has 5 heteroatoms. The van der Waals surface area contributed by atoms with Crippen molar-refractivity contribution in [2.75, 3.05) is 12.4 Å². The first-order valence-electron chi connectivity index (χ1n) is 6.67. The van der Waals surface area contributed by atoms with Crippen molar-refractivity contribution in [3.63, 3.8) is 0 Å². The van der Waals surface area contributed by atoms with E-state index in [4.69, 9.17) is 16.3 Å². The number of thiazole rings is 1. The SMILES string of the molecule is COc1cc2sc(NC3CCCCC3)nc2cc1Cl. The molecule has 2 aromatic rings. The van der Waals surface area contributed by atoms with Gasteiger partial charge in [-0.15, -0.1) is 0 Å². The lowest BCUT2D eigenvalue weighted by atomic mass is 9.96. The molecule has 0 atom stereocenters. The van der Waals surface area contributed by atoms with Gasteiger partial charge in [-0.3, -0.25) is 0 Å². The summed E-state index contributed by atoms with van der Waals surface area (Å²) in [7, 11) is 1.63. The van der Waals surface area contributed by atoms with E-state index in [1.165, 1.54) is 32.1 Å². The Hall–Kier alpha value is -1.00. The molecule has 1 fully saturated rings. The van der Waals surface area contributed by atoms with Crippen LogP contribution in [0.1, 0.15) is 32.1 Å². The van der Waals surface area contributed by atoms with E-state index in [1.54, 1.807) is 18.4 Å². The monoisotopic (exact) mass is 296 g/mol. The van der Waals surface area contributed by atoms with Crippen LogP contribution in [0.5, 0.6) is 5.75 Å². The van der Waals surface area contributed by atoms with Gasteiger partial charge in [-0.05, 0) is 18.9 Å². The maximum absolute atomic E-state index is 6.12.